The summed E-state index contributed by atoms with van der Waals surface area (Å²) in [5.74, 6) is 0. The van der Waals surface area contributed by atoms with E-state index < -0.39 is 14.7 Å². The predicted octanol–water partition coefficient (Wildman–Crippen LogP) is 5.09. The zero-order valence-electron chi connectivity index (χ0n) is 10.9. The third kappa shape index (κ3) is 3.71. The molecule has 0 atom stereocenters. The van der Waals surface area contributed by atoms with Gasteiger partial charge in [0.05, 0.1) is 9.92 Å². The molecule has 2 aromatic carbocycles. The number of sulfone groups is 1. The molecule has 0 N–H and O–H groups in total. The molecule has 3 nitrogen and oxygen atoms in total. The lowest BCUT2D eigenvalue weighted by molar-refractivity contribution is 0.603. The van der Waals surface area contributed by atoms with Crippen molar-refractivity contribution in [1.82, 2.24) is 0 Å². The second-order valence-corrected chi connectivity index (χ2v) is 7.90. The van der Waals surface area contributed by atoms with E-state index in [9.17, 15) is 13.7 Å². The Bertz CT molecular complexity index is 902. The third-order valence-electron chi connectivity index (χ3n) is 2.73. The average Bonchev–Trinajstić information content (AvgIpc) is 2.47. The Balaban J connectivity index is 2.60. The van der Waals surface area contributed by atoms with E-state index in [1.807, 2.05) is 0 Å². The van der Waals surface area contributed by atoms with Crippen molar-refractivity contribution < 1.29 is 8.42 Å². The molecule has 0 saturated heterocycles. The zero-order valence-corrected chi connectivity index (χ0v) is 14.8. The van der Waals surface area contributed by atoms with Gasteiger partial charge in [-0.25, -0.2) is 8.42 Å². The van der Waals surface area contributed by atoms with Crippen LogP contribution >= 0.6 is 39.1 Å². The maximum Gasteiger partial charge on any atom is 0.218 e. The van der Waals surface area contributed by atoms with Crippen LogP contribution in [0.25, 0.3) is 6.08 Å². The summed E-state index contributed by atoms with van der Waals surface area (Å²) in [6.07, 6.45) is 1.29. The maximum absolute atomic E-state index is 12.6. The Morgan fingerprint density at radius 3 is 2.55 bits per heavy atom. The monoisotopic (exact) mass is 415 g/mol. The number of halogens is 3. The van der Waals surface area contributed by atoms with Crippen molar-refractivity contribution in [3.8, 4) is 6.07 Å². The molecule has 0 fully saturated rings. The van der Waals surface area contributed by atoms with E-state index in [1.54, 1.807) is 30.3 Å². The fraction of sp³-hybridized carbons (Fsp3) is 0. The topological polar surface area (TPSA) is 57.9 Å². The molecule has 0 heterocycles. The number of hydrogen-bond acceptors (Lipinski definition) is 3. The van der Waals surface area contributed by atoms with Crippen molar-refractivity contribution in [2.75, 3.05) is 0 Å². The SMILES string of the molecule is N#C/C(=C\c1cccc(Br)c1)S(=O)(=O)c1cc(Cl)ccc1Cl. The van der Waals surface area contributed by atoms with Crippen molar-refractivity contribution in [2.45, 2.75) is 4.90 Å². The van der Waals surface area contributed by atoms with Crippen molar-refractivity contribution in [2.24, 2.45) is 0 Å². The smallest absolute Gasteiger partial charge is 0.218 e. The van der Waals surface area contributed by atoms with Crippen LogP contribution in [0.1, 0.15) is 5.56 Å². The minimum atomic E-state index is -4.05. The quantitative estimate of drug-likeness (QED) is 0.654. The first-order chi connectivity index (χ1) is 10.3. The lowest BCUT2D eigenvalue weighted by atomic mass is 10.2. The molecule has 2 aromatic rings. The van der Waals surface area contributed by atoms with Gasteiger partial charge in [0.25, 0.3) is 0 Å². The molecule has 0 saturated carbocycles. The molecule has 7 heteroatoms. The van der Waals surface area contributed by atoms with Crippen LogP contribution in [0.3, 0.4) is 0 Å². The Kier molecular flexibility index (Phi) is 5.30. The second kappa shape index (κ2) is 6.84. The van der Waals surface area contributed by atoms with E-state index >= 15 is 0 Å². The number of allylic oxidation sites excluding steroid dienone is 1. The summed E-state index contributed by atoms with van der Waals surface area (Å²) in [6.45, 7) is 0. The third-order valence-corrected chi connectivity index (χ3v) is 5.60. The molecule has 0 aliphatic carbocycles. The van der Waals surface area contributed by atoms with Gasteiger partial charge in [0.15, 0.2) is 0 Å². The van der Waals surface area contributed by atoms with E-state index in [0.29, 0.717) is 5.56 Å². The van der Waals surface area contributed by atoms with Gasteiger partial charge in [0.1, 0.15) is 11.0 Å². The average molecular weight is 417 g/mol. The van der Waals surface area contributed by atoms with Crippen LogP contribution in [0.5, 0.6) is 0 Å². The Labute approximate surface area is 146 Å². The molecule has 112 valence electrons. The van der Waals surface area contributed by atoms with E-state index in [1.165, 1.54) is 24.3 Å². The zero-order chi connectivity index (χ0) is 16.3. The molecular formula is C15H8BrCl2NO2S. The van der Waals surface area contributed by atoms with Gasteiger partial charge in [-0.2, -0.15) is 5.26 Å². The molecule has 0 radical (unpaired) electrons. The van der Waals surface area contributed by atoms with Gasteiger partial charge in [0.2, 0.25) is 9.84 Å². The minimum absolute atomic E-state index is 0.0137. The van der Waals surface area contributed by atoms with Crippen LogP contribution in [0.2, 0.25) is 10.0 Å². The van der Waals surface area contributed by atoms with Gasteiger partial charge < -0.3 is 0 Å². The van der Waals surface area contributed by atoms with Gasteiger partial charge in [-0.1, -0.05) is 51.3 Å². The lowest BCUT2D eigenvalue weighted by Gasteiger charge is -2.06. The van der Waals surface area contributed by atoms with Crippen LogP contribution in [0, 0.1) is 11.3 Å². The van der Waals surface area contributed by atoms with Gasteiger partial charge in [-0.3, -0.25) is 0 Å². The molecule has 0 aliphatic rings. The van der Waals surface area contributed by atoms with Crippen molar-refractivity contribution in [3.63, 3.8) is 0 Å². The molecule has 0 aromatic heterocycles. The summed E-state index contributed by atoms with van der Waals surface area (Å²) < 4.78 is 25.9. The van der Waals surface area contributed by atoms with Crippen LogP contribution < -0.4 is 0 Å². The van der Waals surface area contributed by atoms with Crippen LogP contribution in [0.15, 0.2) is 56.7 Å². The first kappa shape index (κ1) is 17.0. The summed E-state index contributed by atoms with van der Waals surface area (Å²) in [5.41, 5.74) is 0.577. The van der Waals surface area contributed by atoms with Crippen molar-refractivity contribution in [1.29, 1.82) is 5.26 Å². The van der Waals surface area contributed by atoms with E-state index in [-0.39, 0.29) is 14.9 Å². The molecule has 22 heavy (non-hydrogen) atoms. The van der Waals surface area contributed by atoms with E-state index in [0.717, 1.165) is 4.47 Å². The van der Waals surface area contributed by atoms with E-state index in [4.69, 9.17) is 23.2 Å². The number of hydrogen-bond donors (Lipinski definition) is 0. The van der Waals surface area contributed by atoms with Gasteiger partial charge in [0, 0.05) is 9.50 Å². The number of nitriles is 1. The molecule has 0 unspecified atom stereocenters. The maximum atomic E-state index is 12.6. The molecule has 2 rings (SSSR count). The van der Waals surface area contributed by atoms with Crippen LogP contribution in [0.4, 0.5) is 0 Å². The van der Waals surface area contributed by atoms with Crippen LogP contribution in [-0.4, -0.2) is 8.42 Å². The molecule has 0 aliphatic heterocycles. The van der Waals surface area contributed by atoms with Crippen LogP contribution in [-0.2, 0) is 9.84 Å². The summed E-state index contributed by atoms with van der Waals surface area (Å²) in [7, 11) is -4.05. The number of rotatable bonds is 3. The fourth-order valence-corrected chi connectivity index (χ4v) is 4.05. The van der Waals surface area contributed by atoms with Gasteiger partial charge in [-0.15, -0.1) is 0 Å². The lowest BCUT2D eigenvalue weighted by Crippen LogP contribution is -2.04. The molecule has 0 amide bonds. The highest BCUT2D eigenvalue weighted by Crippen LogP contribution is 2.30. The highest BCUT2D eigenvalue weighted by Gasteiger charge is 2.24. The molecule has 0 bridgehead atoms. The standard InChI is InChI=1S/C15H8BrCl2NO2S/c16-11-3-1-2-10(6-11)7-13(9-19)22(20,21)15-8-12(17)4-5-14(15)18/h1-8H/b13-7+. The van der Waals surface area contributed by atoms with Gasteiger partial charge in [-0.05, 0) is 42.0 Å². The number of nitrogens with zero attached hydrogens (tertiary/aromatic N) is 1. The Morgan fingerprint density at radius 1 is 1.18 bits per heavy atom. The fourth-order valence-electron chi connectivity index (χ4n) is 1.72. The predicted molar refractivity (Wildman–Crippen MR) is 91.4 cm³/mol. The van der Waals surface area contributed by atoms with Gasteiger partial charge >= 0.3 is 0 Å². The summed E-state index contributed by atoms with van der Waals surface area (Å²) in [6, 6.07) is 12.7. The normalized spacial score (nSPS) is 12.0. The molecule has 0 spiro atoms. The largest absolute Gasteiger partial charge is 0.218 e. The minimum Gasteiger partial charge on any atom is -0.218 e. The highest BCUT2D eigenvalue weighted by atomic mass is 79.9. The summed E-state index contributed by atoms with van der Waals surface area (Å²) in [5, 5.41) is 9.47. The first-order valence-electron chi connectivity index (χ1n) is 5.92. The highest BCUT2D eigenvalue weighted by molar-refractivity contribution is 9.10. The second-order valence-electron chi connectivity index (χ2n) is 4.25. The Morgan fingerprint density at radius 2 is 1.91 bits per heavy atom. The van der Waals surface area contributed by atoms with Crippen molar-refractivity contribution in [3.05, 3.63) is 67.5 Å². The van der Waals surface area contributed by atoms with Crippen molar-refractivity contribution >= 4 is 55.0 Å². The molecular weight excluding hydrogens is 409 g/mol. The summed E-state index contributed by atoms with van der Waals surface area (Å²) >= 11 is 15.0. The first-order valence-corrected chi connectivity index (χ1v) is 8.95. The number of benzene rings is 2. The van der Waals surface area contributed by atoms with E-state index in [2.05, 4.69) is 15.9 Å². The Hall–Kier alpha value is -1.32. The summed E-state index contributed by atoms with van der Waals surface area (Å²) in [4.78, 5) is -0.598.